The van der Waals surface area contributed by atoms with E-state index in [0.29, 0.717) is 17.4 Å². The number of hydrogen-bond donors (Lipinski definition) is 0. The molecule has 1 atom stereocenters. The number of aromatic nitrogens is 3. The van der Waals surface area contributed by atoms with Gasteiger partial charge in [0.2, 0.25) is 0 Å². The fraction of sp³-hybridized carbons (Fsp3) is 0.500. The van der Waals surface area contributed by atoms with Gasteiger partial charge in [-0.15, -0.1) is 0 Å². The highest BCUT2D eigenvalue weighted by atomic mass is 79.9. The van der Waals surface area contributed by atoms with Gasteiger partial charge in [-0.05, 0) is 41.6 Å². The van der Waals surface area contributed by atoms with E-state index in [4.69, 9.17) is 0 Å². The Morgan fingerprint density at radius 3 is 3.15 bits per heavy atom. The van der Waals surface area contributed by atoms with Gasteiger partial charge in [0.1, 0.15) is 0 Å². The molecular formula is C14H17BrN4O. The maximum Gasteiger partial charge on any atom is 0.274 e. The zero-order valence-corrected chi connectivity index (χ0v) is 13.0. The summed E-state index contributed by atoms with van der Waals surface area (Å²) in [5.41, 5.74) is 1.18. The molecule has 1 aliphatic heterocycles. The van der Waals surface area contributed by atoms with Gasteiger partial charge in [0.25, 0.3) is 5.91 Å². The normalized spacial score (nSPS) is 19.5. The van der Waals surface area contributed by atoms with Crippen LogP contribution in [-0.2, 0) is 0 Å². The van der Waals surface area contributed by atoms with Crippen LogP contribution in [0.15, 0.2) is 22.9 Å². The number of halogens is 1. The quantitative estimate of drug-likeness (QED) is 0.847. The van der Waals surface area contributed by atoms with Gasteiger partial charge in [-0.2, -0.15) is 5.10 Å². The summed E-state index contributed by atoms with van der Waals surface area (Å²) in [7, 11) is 0. The van der Waals surface area contributed by atoms with E-state index in [1.807, 2.05) is 11.1 Å². The van der Waals surface area contributed by atoms with Crippen LogP contribution in [0.4, 0.5) is 0 Å². The van der Waals surface area contributed by atoms with Crippen LogP contribution in [0.2, 0.25) is 0 Å². The van der Waals surface area contributed by atoms with Gasteiger partial charge in [-0.3, -0.25) is 4.79 Å². The first-order valence-corrected chi connectivity index (χ1v) is 7.80. The largest absolute Gasteiger partial charge is 0.334 e. The Labute approximate surface area is 126 Å². The fourth-order valence-electron chi connectivity index (χ4n) is 2.80. The minimum Gasteiger partial charge on any atom is -0.334 e. The molecule has 106 valence electrons. The predicted molar refractivity (Wildman–Crippen MR) is 79.7 cm³/mol. The number of fused-ring (bicyclic) bond motifs is 1. The molecule has 6 heteroatoms. The molecule has 1 unspecified atom stereocenters. The number of carbonyl (C=O) groups is 1. The first kappa shape index (κ1) is 13.5. The average molecular weight is 337 g/mol. The summed E-state index contributed by atoms with van der Waals surface area (Å²) in [6.07, 6.45) is 7.91. The minimum absolute atomic E-state index is 0.0261. The van der Waals surface area contributed by atoms with Crippen molar-refractivity contribution >= 4 is 27.5 Å². The number of likely N-dealkylation sites (tertiary alicyclic amines) is 1. The fourth-order valence-corrected chi connectivity index (χ4v) is 3.09. The van der Waals surface area contributed by atoms with Gasteiger partial charge < -0.3 is 4.90 Å². The number of rotatable bonds is 2. The molecule has 2 aromatic heterocycles. The highest BCUT2D eigenvalue weighted by Gasteiger charge is 2.27. The Balaban J connectivity index is 1.91. The first-order valence-electron chi connectivity index (χ1n) is 7.01. The number of nitrogens with zero attached hydrogens (tertiary/aromatic N) is 4. The third-order valence-electron chi connectivity index (χ3n) is 3.86. The van der Waals surface area contributed by atoms with Crippen molar-refractivity contribution in [2.45, 2.75) is 38.6 Å². The predicted octanol–water partition coefficient (Wildman–Crippen LogP) is 2.90. The van der Waals surface area contributed by atoms with Crippen molar-refractivity contribution < 1.29 is 4.79 Å². The molecule has 3 heterocycles. The van der Waals surface area contributed by atoms with E-state index in [-0.39, 0.29) is 5.91 Å². The van der Waals surface area contributed by atoms with Crippen molar-refractivity contribution in [2.24, 2.45) is 0 Å². The van der Waals surface area contributed by atoms with E-state index in [9.17, 15) is 4.79 Å². The van der Waals surface area contributed by atoms with Crippen molar-refractivity contribution in [3.63, 3.8) is 0 Å². The van der Waals surface area contributed by atoms with Gasteiger partial charge >= 0.3 is 0 Å². The molecule has 0 spiro atoms. The van der Waals surface area contributed by atoms with E-state index < -0.39 is 0 Å². The van der Waals surface area contributed by atoms with E-state index in [1.165, 1.54) is 6.42 Å². The van der Waals surface area contributed by atoms with Crippen molar-refractivity contribution in [1.82, 2.24) is 19.5 Å². The monoisotopic (exact) mass is 336 g/mol. The molecule has 5 nitrogen and oxygen atoms in total. The topological polar surface area (TPSA) is 50.5 Å². The Kier molecular flexibility index (Phi) is 3.74. The van der Waals surface area contributed by atoms with Crippen molar-refractivity contribution in [2.75, 3.05) is 6.54 Å². The lowest BCUT2D eigenvalue weighted by atomic mass is 9.99. The SMILES string of the molecule is CCC1CCCCN1C(=O)c1cc2ncc(Br)cn2n1. The zero-order chi connectivity index (χ0) is 14.1. The minimum atomic E-state index is 0.0261. The van der Waals surface area contributed by atoms with E-state index in [2.05, 4.69) is 32.9 Å². The molecule has 1 fully saturated rings. The van der Waals surface area contributed by atoms with Crippen molar-refractivity contribution in [3.8, 4) is 0 Å². The third-order valence-corrected chi connectivity index (χ3v) is 4.27. The second-order valence-corrected chi connectivity index (χ2v) is 6.08. The summed E-state index contributed by atoms with van der Waals surface area (Å²) in [6.45, 7) is 2.97. The molecule has 3 rings (SSSR count). The summed E-state index contributed by atoms with van der Waals surface area (Å²) in [5.74, 6) is 0.0261. The average Bonchev–Trinajstić information content (AvgIpc) is 2.89. The van der Waals surface area contributed by atoms with Gasteiger partial charge in [-0.1, -0.05) is 6.92 Å². The van der Waals surface area contributed by atoms with E-state index >= 15 is 0 Å². The highest BCUT2D eigenvalue weighted by Crippen LogP contribution is 2.22. The maximum absolute atomic E-state index is 12.6. The lowest BCUT2D eigenvalue weighted by molar-refractivity contribution is 0.0601. The molecule has 0 N–H and O–H groups in total. The standard InChI is InChI=1S/C14H17BrN4O/c1-2-11-5-3-4-6-18(11)14(20)12-7-13-16-8-10(15)9-19(13)17-12/h7-9,11H,2-6H2,1H3. The van der Waals surface area contributed by atoms with Crippen LogP contribution >= 0.6 is 15.9 Å². The molecule has 0 aromatic carbocycles. The summed E-state index contributed by atoms with van der Waals surface area (Å²) >= 11 is 3.36. The first-order chi connectivity index (χ1) is 9.69. The maximum atomic E-state index is 12.6. The van der Waals surface area contributed by atoms with Crippen molar-refractivity contribution in [3.05, 3.63) is 28.6 Å². The third kappa shape index (κ3) is 2.44. The molecule has 1 saturated heterocycles. The summed E-state index contributed by atoms with van der Waals surface area (Å²) in [6, 6.07) is 2.11. The number of carbonyl (C=O) groups excluding carboxylic acids is 1. The van der Waals surface area contributed by atoms with Crippen LogP contribution in [0.1, 0.15) is 43.1 Å². The molecule has 0 bridgehead atoms. The van der Waals surface area contributed by atoms with Gasteiger partial charge in [0, 0.05) is 31.0 Å². The zero-order valence-electron chi connectivity index (χ0n) is 11.4. The molecule has 0 aliphatic carbocycles. The van der Waals surface area contributed by atoms with E-state index in [1.54, 1.807) is 16.8 Å². The van der Waals surface area contributed by atoms with Crippen LogP contribution in [0, 0.1) is 0 Å². The Hall–Kier alpha value is -1.43. The van der Waals surface area contributed by atoms with Gasteiger partial charge in [0.05, 0.1) is 4.47 Å². The molecule has 2 aromatic rings. The Morgan fingerprint density at radius 1 is 1.50 bits per heavy atom. The summed E-state index contributed by atoms with van der Waals surface area (Å²) < 4.78 is 2.49. The second kappa shape index (κ2) is 5.52. The van der Waals surface area contributed by atoms with Crippen LogP contribution in [0.25, 0.3) is 5.65 Å². The Morgan fingerprint density at radius 2 is 2.35 bits per heavy atom. The van der Waals surface area contributed by atoms with Crippen LogP contribution in [0.5, 0.6) is 0 Å². The molecule has 20 heavy (non-hydrogen) atoms. The second-order valence-electron chi connectivity index (χ2n) is 5.16. The van der Waals surface area contributed by atoms with E-state index in [0.717, 1.165) is 30.3 Å². The Bertz CT molecular complexity index is 639. The van der Waals surface area contributed by atoms with Crippen molar-refractivity contribution in [1.29, 1.82) is 0 Å². The number of piperidine rings is 1. The number of hydrogen-bond acceptors (Lipinski definition) is 3. The molecule has 1 aliphatic rings. The van der Waals surface area contributed by atoms with Crippen LogP contribution in [-0.4, -0.2) is 38.0 Å². The number of amides is 1. The molecule has 0 radical (unpaired) electrons. The molecule has 1 amide bonds. The van der Waals surface area contributed by atoms with Crippen LogP contribution in [0.3, 0.4) is 0 Å². The molecular weight excluding hydrogens is 320 g/mol. The lowest BCUT2D eigenvalue weighted by Crippen LogP contribution is -2.43. The summed E-state index contributed by atoms with van der Waals surface area (Å²) in [5, 5.41) is 4.35. The smallest absolute Gasteiger partial charge is 0.274 e. The molecule has 0 saturated carbocycles. The lowest BCUT2D eigenvalue weighted by Gasteiger charge is -2.34. The summed E-state index contributed by atoms with van der Waals surface area (Å²) in [4.78, 5) is 18.9. The van der Waals surface area contributed by atoms with Gasteiger partial charge in [0.15, 0.2) is 11.3 Å². The highest BCUT2D eigenvalue weighted by molar-refractivity contribution is 9.10. The van der Waals surface area contributed by atoms with Gasteiger partial charge in [-0.25, -0.2) is 9.50 Å². The van der Waals surface area contributed by atoms with Crippen LogP contribution < -0.4 is 0 Å².